The average Bonchev–Trinajstić information content (AvgIpc) is 2.33. The first-order valence-electron chi connectivity index (χ1n) is 6.62. The zero-order valence-corrected chi connectivity index (χ0v) is 11.0. The molecule has 0 heterocycles. The van der Waals surface area contributed by atoms with Crippen molar-refractivity contribution in [3.05, 3.63) is 35.4 Å². The smallest absolute Gasteiger partial charge is 0.0802 e. The van der Waals surface area contributed by atoms with E-state index in [4.69, 9.17) is 4.74 Å². The van der Waals surface area contributed by atoms with E-state index in [1.54, 1.807) is 0 Å². The summed E-state index contributed by atoms with van der Waals surface area (Å²) in [6, 6.07) is 8.66. The molecule has 2 heteroatoms. The first-order chi connectivity index (χ1) is 8.29. The molecule has 0 aliphatic heterocycles. The highest BCUT2D eigenvalue weighted by Gasteiger charge is 2.36. The molecule has 17 heavy (non-hydrogen) atoms. The third-order valence-electron chi connectivity index (χ3n) is 3.96. The Morgan fingerprint density at radius 2 is 1.94 bits per heavy atom. The van der Waals surface area contributed by atoms with Crippen molar-refractivity contribution in [1.29, 1.82) is 0 Å². The number of aryl methyl sites for hydroxylation is 1. The number of benzene rings is 1. The van der Waals surface area contributed by atoms with Gasteiger partial charge in [0.25, 0.3) is 0 Å². The van der Waals surface area contributed by atoms with Crippen molar-refractivity contribution in [3.8, 4) is 0 Å². The molecule has 1 aromatic rings. The Balaban J connectivity index is 1.85. The Bertz CT molecular complexity index is 352. The SMILES string of the molecule is CCc1ccccc1CNCC1(OC)CCC1. The van der Waals surface area contributed by atoms with Gasteiger partial charge in [-0.25, -0.2) is 0 Å². The fourth-order valence-corrected chi connectivity index (χ4v) is 2.52. The molecule has 0 spiro atoms. The lowest BCUT2D eigenvalue weighted by Gasteiger charge is -2.40. The molecule has 1 fully saturated rings. The van der Waals surface area contributed by atoms with Gasteiger partial charge >= 0.3 is 0 Å². The molecular formula is C15H23NO. The molecule has 1 N–H and O–H groups in total. The molecule has 1 aliphatic rings. The van der Waals surface area contributed by atoms with Gasteiger partial charge < -0.3 is 10.1 Å². The Hall–Kier alpha value is -0.860. The summed E-state index contributed by atoms with van der Waals surface area (Å²) in [6.07, 6.45) is 4.81. The topological polar surface area (TPSA) is 21.3 Å². The van der Waals surface area contributed by atoms with Crippen LogP contribution < -0.4 is 5.32 Å². The third-order valence-corrected chi connectivity index (χ3v) is 3.96. The third kappa shape index (κ3) is 2.88. The number of hydrogen-bond acceptors (Lipinski definition) is 2. The van der Waals surface area contributed by atoms with E-state index in [-0.39, 0.29) is 5.60 Å². The number of methoxy groups -OCH3 is 1. The molecule has 1 aliphatic carbocycles. The average molecular weight is 233 g/mol. The fraction of sp³-hybridized carbons (Fsp3) is 0.600. The lowest BCUT2D eigenvalue weighted by Crippen LogP contribution is -2.47. The Morgan fingerprint density at radius 1 is 1.24 bits per heavy atom. The van der Waals surface area contributed by atoms with E-state index >= 15 is 0 Å². The van der Waals surface area contributed by atoms with Gasteiger partial charge in [-0.1, -0.05) is 31.2 Å². The number of hydrogen-bond donors (Lipinski definition) is 1. The second-order valence-corrected chi connectivity index (χ2v) is 4.97. The highest BCUT2D eigenvalue weighted by molar-refractivity contribution is 5.26. The maximum atomic E-state index is 5.61. The fourth-order valence-electron chi connectivity index (χ4n) is 2.52. The molecule has 0 bridgehead atoms. The van der Waals surface area contributed by atoms with Crippen LogP contribution in [0.3, 0.4) is 0 Å². The van der Waals surface area contributed by atoms with Gasteiger partial charge in [-0.15, -0.1) is 0 Å². The van der Waals surface area contributed by atoms with Crippen molar-refractivity contribution in [2.45, 2.75) is 44.8 Å². The molecule has 1 aromatic carbocycles. The van der Waals surface area contributed by atoms with Crippen LogP contribution >= 0.6 is 0 Å². The van der Waals surface area contributed by atoms with Crippen molar-refractivity contribution in [1.82, 2.24) is 5.32 Å². The number of ether oxygens (including phenoxy) is 1. The molecule has 0 aromatic heterocycles. The molecule has 2 rings (SSSR count). The van der Waals surface area contributed by atoms with E-state index in [2.05, 4.69) is 36.5 Å². The number of rotatable bonds is 6. The van der Waals surface area contributed by atoms with Crippen LogP contribution in [0.15, 0.2) is 24.3 Å². The van der Waals surface area contributed by atoms with E-state index in [0.29, 0.717) is 0 Å². The monoisotopic (exact) mass is 233 g/mol. The van der Waals surface area contributed by atoms with Crippen LogP contribution in [0.2, 0.25) is 0 Å². The first-order valence-corrected chi connectivity index (χ1v) is 6.62. The standard InChI is InChI=1S/C15H23NO/c1-3-13-7-4-5-8-14(13)11-16-12-15(17-2)9-6-10-15/h4-5,7-8,16H,3,6,9-12H2,1-2H3. The second-order valence-electron chi connectivity index (χ2n) is 4.97. The van der Waals surface area contributed by atoms with Crippen LogP contribution in [0.25, 0.3) is 0 Å². The van der Waals surface area contributed by atoms with Crippen molar-refractivity contribution in [2.75, 3.05) is 13.7 Å². The largest absolute Gasteiger partial charge is 0.377 e. The predicted octanol–water partition coefficient (Wildman–Crippen LogP) is 2.91. The first kappa shape index (κ1) is 12.6. The minimum absolute atomic E-state index is 0.126. The van der Waals surface area contributed by atoms with Crippen LogP contribution in [0.1, 0.15) is 37.3 Å². The lowest BCUT2D eigenvalue weighted by molar-refractivity contribution is -0.0695. The summed E-state index contributed by atoms with van der Waals surface area (Å²) in [5.74, 6) is 0. The molecule has 0 atom stereocenters. The van der Waals surface area contributed by atoms with E-state index in [9.17, 15) is 0 Å². The molecule has 0 radical (unpaired) electrons. The van der Waals surface area contributed by atoms with Gasteiger partial charge in [-0.3, -0.25) is 0 Å². The van der Waals surface area contributed by atoms with Crippen LogP contribution in [0.4, 0.5) is 0 Å². The minimum atomic E-state index is 0.126. The van der Waals surface area contributed by atoms with E-state index in [1.807, 2.05) is 7.11 Å². The van der Waals surface area contributed by atoms with Gasteiger partial charge in [0, 0.05) is 20.2 Å². The Morgan fingerprint density at radius 3 is 2.47 bits per heavy atom. The minimum Gasteiger partial charge on any atom is -0.377 e. The van der Waals surface area contributed by atoms with Crippen LogP contribution in [0.5, 0.6) is 0 Å². The molecule has 2 nitrogen and oxygen atoms in total. The van der Waals surface area contributed by atoms with Gasteiger partial charge in [-0.05, 0) is 36.8 Å². The quantitative estimate of drug-likeness (QED) is 0.815. The predicted molar refractivity (Wildman–Crippen MR) is 71.1 cm³/mol. The normalized spacial score (nSPS) is 17.8. The lowest BCUT2D eigenvalue weighted by atomic mass is 9.80. The van der Waals surface area contributed by atoms with Crippen LogP contribution in [0, 0.1) is 0 Å². The summed E-state index contributed by atoms with van der Waals surface area (Å²) >= 11 is 0. The molecule has 0 saturated heterocycles. The van der Waals surface area contributed by atoms with Crippen molar-refractivity contribution >= 4 is 0 Å². The van der Waals surface area contributed by atoms with Crippen LogP contribution in [-0.2, 0) is 17.7 Å². The van der Waals surface area contributed by atoms with E-state index in [0.717, 1.165) is 19.5 Å². The zero-order chi connectivity index (χ0) is 12.1. The molecular weight excluding hydrogens is 210 g/mol. The highest BCUT2D eigenvalue weighted by Crippen LogP contribution is 2.34. The maximum absolute atomic E-state index is 5.61. The van der Waals surface area contributed by atoms with Crippen molar-refractivity contribution in [2.24, 2.45) is 0 Å². The van der Waals surface area contributed by atoms with Crippen molar-refractivity contribution in [3.63, 3.8) is 0 Å². The summed E-state index contributed by atoms with van der Waals surface area (Å²) in [7, 11) is 1.83. The Kier molecular flexibility index (Phi) is 4.19. The van der Waals surface area contributed by atoms with Gasteiger partial charge in [0.1, 0.15) is 0 Å². The van der Waals surface area contributed by atoms with Crippen LogP contribution in [-0.4, -0.2) is 19.3 Å². The molecule has 0 unspecified atom stereocenters. The van der Waals surface area contributed by atoms with Gasteiger partial charge in [0.2, 0.25) is 0 Å². The Labute approximate surface area is 104 Å². The molecule has 1 saturated carbocycles. The summed E-state index contributed by atoms with van der Waals surface area (Å²) in [6.45, 7) is 4.14. The van der Waals surface area contributed by atoms with Crippen molar-refractivity contribution < 1.29 is 4.74 Å². The number of nitrogens with one attached hydrogen (secondary N) is 1. The van der Waals surface area contributed by atoms with E-state index in [1.165, 1.54) is 30.4 Å². The maximum Gasteiger partial charge on any atom is 0.0802 e. The van der Waals surface area contributed by atoms with Gasteiger partial charge in [0.05, 0.1) is 5.60 Å². The highest BCUT2D eigenvalue weighted by atomic mass is 16.5. The summed E-state index contributed by atoms with van der Waals surface area (Å²) < 4.78 is 5.61. The van der Waals surface area contributed by atoms with Gasteiger partial charge in [0.15, 0.2) is 0 Å². The van der Waals surface area contributed by atoms with E-state index < -0.39 is 0 Å². The summed E-state index contributed by atoms with van der Waals surface area (Å²) in [5, 5.41) is 3.55. The van der Waals surface area contributed by atoms with Gasteiger partial charge in [-0.2, -0.15) is 0 Å². The zero-order valence-electron chi connectivity index (χ0n) is 11.0. The molecule has 0 amide bonds. The summed E-state index contributed by atoms with van der Waals surface area (Å²) in [5.41, 5.74) is 2.99. The second kappa shape index (κ2) is 5.65. The molecule has 94 valence electrons. The summed E-state index contributed by atoms with van der Waals surface area (Å²) in [4.78, 5) is 0.